The molecule has 0 bridgehead atoms. The van der Waals surface area contributed by atoms with E-state index in [1.54, 1.807) is 6.92 Å². The van der Waals surface area contributed by atoms with E-state index >= 15 is 0 Å². The van der Waals surface area contributed by atoms with Crippen molar-refractivity contribution in [3.05, 3.63) is 60.4 Å². The zero-order chi connectivity index (χ0) is 16.9. The first-order valence-electron chi connectivity index (χ1n) is 7.34. The minimum absolute atomic E-state index is 0.0515. The first-order chi connectivity index (χ1) is 11.6. The molecule has 0 spiro atoms. The van der Waals surface area contributed by atoms with Gasteiger partial charge in [0.05, 0.1) is 12.2 Å². The van der Waals surface area contributed by atoms with Gasteiger partial charge in [0.1, 0.15) is 11.3 Å². The van der Waals surface area contributed by atoms with Crippen molar-refractivity contribution in [1.29, 1.82) is 0 Å². The zero-order valence-corrected chi connectivity index (χ0v) is 12.9. The third-order valence-electron chi connectivity index (χ3n) is 3.36. The fourth-order valence-electron chi connectivity index (χ4n) is 2.18. The fourth-order valence-corrected chi connectivity index (χ4v) is 2.18. The van der Waals surface area contributed by atoms with Crippen molar-refractivity contribution in [2.24, 2.45) is 0 Å². The Bertz CT molecular complexity index is 827. The molecule has 1 amide bonds. The van der Waals surface area contributed by atoms with Gasteiger partial charge in [0.25, 0.3) is 5.91 Å². The second-order valence-corrected chi connectivity index (χ2v) is 5.14. The van der Waals surface area contributed by atoms with E-state index in [0.29, 0.717) is 5.76 Å². The minimum Gasteiger partial charge on any atom is -0.459 e. The van der Waals surface area contributed by atoms with Crippen LogP contribution in [-0.4, -0.2) is 28.5 Å². The first-order valence-corrected chi connectivity index (χ1v) is 7.34. The molecular weight excluding hydrogens is 310 g/mol. The Morgan fingerprint density at radius 2 is 2.12 bits per heavy atom. The van der Waals surface area contributed by atoms with E-state index in [9.17, 15) is 9.59 Å². The standard InChI is InChI=1S/C17H15N3O4/c1-11(15-8-12-4-2-3-5-14(12)24-15)20-16(21)10-23-17(22)13-9-18-6-7-19-13/h2-9,11H,10H2,1H3,(H,20,21)/t11-/m1/s1. The number of aromatic nitrogens is 2. The molecule has 3 rings (SSSR count). The highest BCUT2D eigenvalue weighted by molar-refractivity contribution is 5.89. The molecular formula is C17H15N3O4. The maximum atomic E-state index is 11.9. The highest BCUT2D eigenvalue weighted by atomic mass is 16.5. The summed E-state index contributed by atoms with van der Waals surface area (Å²) in [4.78, 5) is 31.2. The summed E-state index contributed by atoms with van der Waals surface area (Å²) in [6.07, 6.45) is 4.09. The quantitative estimate of drug-likeness (QED) is 0.723. The molecule has 0 fully saturated rings. The van der Waals surface area contributed by atoms with Gasteiger partial charge in [0, 0.05) is 17.8 Å². The molecule has 7 nitrogen and oxygen atoms in total. The molecule has 0 aliphatic carbocycles. The van der Waals surface area contributed by atoms with E-state index in [1.165, 1.54) is 18.6 Å². The van der Waals surface area contributed by atoms with Crippen LogP contribution >= 0.6 is 0 Å². The van der Waals surface area contributed by atoms with Crippen molar-refractivity contribution in [2.45, 2.75) is 13.0 Å². The van der Waals surface area contributed by atoms with E-state index in [2.05, 4.69) is 15.3 Å². The van der Waals surface area contributed by atoms with Crippen molar-refractivity contribution in [2.75, 3.05) is 6.61 Å². The SMILES string of the molecule is C[C@@H](NC(=O)COC(=O)c1cnccn1)c1cc2ccccc2o1. The third-order valence-corrected chi connectivity index (χ3v) is 3.36. The summed E-state index contributed by atoms with van der Waals surface area (Å²) >= 11 is 0. The van der Waals surface area contributed by atoms with Crippen LogP contribution in [0.5, 0.6) is 0 Å². The molecule has 2 heterocycles. The van der Waals surface area contributed by atoms with Crippen molar-refractivity contribution in [3.8, 4) is 0 Å². The summed E-state index contributed by atoms with van der Waals surface area (Å²) in [6.45, 7) is 1.39. The van der Waals surface area contributed by atoms with Gasteiger partial charge in [0.15, 0.2) is 12.3 Å². The minimum atomic E-state index is -0.699. The molecule has 7 heteroatoms. The lowest BCUT2D eigenvalue weighted by Gasteiger charge is -2.11. The zero-order valence-electron chi connectivity index (χ0n) is 12.9. The summed E-state index contributed by atoms with van der Waals surface area (Å²) in [5.74, 6) is -0.500. The Morgan fingerprint density at radius 3 is 2.88 bits per heavy atom. The van der Waals surface area contributed by atoms with Crippen LogP contribution in [0.4, 0.5) is 0 Å². The van der Waals surface area contributed by atoms with Crippen LogP contribution in [0.2, 0.25) is 0 Å². The van der Waals surface area contributed by atoms with Gasteiger partial charge in [0.2, 0.25) is 0 Å². The summed E-state index contributed by atoms with van der Waals surface area (Å²) in [5.41, 5.74) is 0.804. The van der Waals surface area contributed by atoms with Gasteiger partial charge in [-0.3, -0.25) is 9.78 Å². The molecule has 122 valence electrons. The molecule has 0 saturated heterocycles. The predicted octanol–water partition coefficient (Wildman–Crippen LogP) is 2.26. The maximum Gasteiger partial charge on any atom is 0.359 e. The number of ether oxygens (including phenoxy) is 1. The molecule has 24 heavy (non-hydrogen) atoms. The Balaban J connectivity index is 1.55. The Kier molecular flexibility index (Phi) is 4.51. The lowest BCUT2D eigenvalue weighted by atomic mass is 10.2. The number of carbonyl (C=O) groups excluding carboxylic acids is 2. The van der Waals surface area contributed by atoms with E-state index in [1.807, 2.05) is 30.3 Å². The van der Waals surface area contributed by atoms with E-state index < -0.39 is 18.5 Å². The van der Waals surface area contributed by atoms with Gasteiger partial charge in [-0.2, -0.15) is 0 Å². The highest BCUT2D eigenvalue weighted by Gasteiger charge is 2.16. The lowest BCUT2D eigenvalue weighted by Crippen LogP contribution is -2.31. The number of para-hydroxylation sites is 1. The third kappa shape index (κ3) is 3.57. The number of furan rings is 1. The summed E-state index contributed by atoms with van der Waals surface area (Å²) in [7, 11) is 0. The van der Waals surface area contributed by atoms with Crippen LogP contribution in [0.3, 0.4) is 0 Å². The van der Waals surface area contributed by atoms with Gasteiger partial charge < -0.3 is 14.5 Å². The number of rotatable bonds is 5. The van der Waals surface area contributed by atoms with Crippen molar-refractivity contribution >= 4 is 22.8 Å². The maximum absolute atomic E-state index is 11.9. The van der Waals surface area contributed by atoms with Crippen LogP contribution in [0, 0.1) is 0 Å². The molecule has 0 aliphatic rings. The van der Waals surface area contributed by atoms with E-state index in [-0.39, 0.29) is 11.7 Å². The average Bonchev–Trinajstić information content (AvgIpc) is 3.05. The number of carbonyl (C=O) groups is 2. The lowest BCUT2D eigenvalue weighted by molar-refractivity contribution is -0.125. The van der Waals surface area contributed by atoms with Crippen molar-refractivity contribution in [1.82, 2.24) is 15.3 Å². The summed E-state index contributed by atoms with van der Waals surface area (Å²) in [5, 5.41) is 3.68. The normalized spacial score (nSPS) is 11.9. The first kappa shape index (κ1) is 15.7. The molecule has 1 aromatic carbocycles. The average molecular weight is 325 g/mol. The Labute approximate surface area is 137 Å². The van der Waals surface area contributed by atoms with Crippen LogP contribution in [-0.2, 0) is 9.53 Å². The predicted molar refractivity (Wildman–Crippen MR) is 85.1 cm³/mol. The molecule has 0 unspecified atom stereocenters. The summed E-state index contributed by atoms with van der Waals surface area (Å²) < 4.78 is 10.6. The van der Waals surface area contributed by atoms with Gasteiger partial charge in [-0.15, -0.1) is 0 Å². The van der Waals surface area contributed by atoms with E-state index in [4.69, 9.17) is 9.15 Å². The number of nitrogens with one attached hydrogen (secondary N) is 1. The molecule has 2 aromatic heterocycles. The number of hydrogen-bond donors (Lipinski definition) is 1. The van der Waals surface area contributed by atoms with Crippen LogP contribution < -0.4 is 5.32 Å². The monoisotopic (exact) mass is 325 g/mol. The van der Waals surface area contributed by atoms with Gasteiger partial charge in [-0.1, -0.05) is 18.2 Å². The van der Waals surface area contributed by atoms with Crippen LogP contribution in [0.1, 0.15) is 29.2 Å². The number of fused-ring (bicyclic) bond motifs is 1. The van der Waals surface area contributed by atoms with Gasteiger partial charge in [-0.25, -0.2) is 9.78 Å². The molecule has 3 aromatic rings. The van der Waals surface area contributed by atoms with Crippen molar-refractivity contribution in [3.63, 3.8) is 0 Å². The summed E-state index contributed by atoms with van der Waals surface area (Å²) in [6, 6.07) is 9.10. The molecule has 0 saturated carbocycles. The van der Waals surface area contributed by atoms with Gasteiger partial charge in [-0.05, 0) is 19.1 Å². The largest absolute Gasteiger partial charge is 0.459 e. The topological polar surface area (TPSA) is 94.3 Å². The fraction of sp³-hybridized carbons (Fsp3) is 0.176. The molecule has 1 atom stereocenters. The van der Waals surface area contributed by atoms with Crippen LogP contribution in [0.15, 0.2) is 53.3 Å². The Morgan fingerprint density at radius 1 is 1.29 bits per heavy atom. The smallest absolute Gasteiger partial charge is 0.359 e. The number of hydrogen-bond acceptors (Lipinski definition) is 6. The molecule has 1 N–H and O–H groups in total. The number of amides is 1. The number of benzene rings is 1. The molecule has 0 radical (unpaired) electrons. The Hall–Kier alpha value is -3.22. The van der Waals surface area contributed by atoms with Gasteiger partial charge >= 0.3 is 5.97 Å². The highest BCUT2D eigenvalue weighted by Crippen LogP contribution is 2.23. The second-order valence-electron chi connectivity index (χ2n) is 5.14. The van der Waals surface area contributed by atoms with Crippen LogP contribution in [0.25, 0.3) is 11.0 Å². The number of esters is 1. The molecule has 0 aliphatic heterocycles. The second kappa shape index (κ2) is 6.91. The van der Waals surface area contributed by atoms with Crippen molar-refractivity contribution < 1.29 is 18.7 Å². The number of nitrogens with zero attached hydrogens (tertiary/aromatic N) is 2. The van der Waals surface area contributed by atoms with E-state index in [0.717, 1.165) is 11.0 Å².